The summed E-state index contributed by atoms with van der Waals surface area (Å²) in [6.45, 7) is 9.21. The van der Waals surface area contributed by atoms with Gasteiger partial charge >= 0.3 is 4.87 Å². The maximum absolute atomic E-state index is 13.2. The van der Waals surface area contributed by atoms with Crippen LogP contribution in [0.5, 0.6) is 11.5 Å². The zero-order valence-corrected chi connectivity index (χ0v) is 28.0. The number of aryl methyl sites for hydroxylation is 1. The number of hydrogen-bond donors (Lipinski definition) is 3. The number of amides is 1. The number of fused-ring (bicyclic) bond motifs is 1. The summed E-state index contributed by atoms with van der Waals surface area (Å²) in [5.41, 5.74) is 2.49. The van der Waals surface area contributed by atoms with Crippen LogP contribution in [0.3, 0.4) is 0 Å². The van der Waals surface area contributed by atoms with Gasteiger partial charge in [0.25, 0.3) is 5.91 Å². The van der Waals surface area contributed by atoms with E-state index in [0.717, 1.165) is 73.0 Å². The largest absolute Gasteiger partial charge is 0.506 e. The van der Waals surface area contributed by atoms with Gasteiger partial charge in [-0.15, -0.1) is 11.3 Å². The minimum atomic E-state index is -0.713. The van der Waals surface area contributed by atoms with Gasteiger partial charge in [0.1, 0.15) is 29.3 Å². The molecule has 4 aromatic rings. The second-order valence-corrected chi connectivity index (χ2v) is 14.5. The van der Waals surface area contributed by atoms with Crippen LogP contribution >= 0.6 is 22.7 Å². The van der Waals surface area contributed by atoms with Crippen LogP contribution in [0.25, 0.3) is 10.2 Å². The fourth-order valence-electron chi connectivity index (χ4n) is 6.32. The summed E-state index contributed by atoms with van der Waals surface area (Å²) in [5, 5.41) is 23.7. The quantitative estimate of drug-likeness (QED) is 0.196. The lowest BCUT2D eigenvalue weighted by molar-refractivity contribution is -0.127. The molecule has 10 nitrogen and oxygen atoms in total. The number of hydrogen-bond acceptors (Lipinski definition) is 10. The fraction of sp³-hybridized carbons (Fsp3) is 0.500. The number of aromatic amines is 1. The highest BCUT2D eigenvalue weighted by atomic mass is 32.1. The van der Waals surface area contributed by atoms with Crippen molar-refractivity contribution in [1.29, 1.82) is 0 Å². The maximum atomic E-state index is 13.2. The lowest BCUT2D eigenvalue weighted by Gasteiger charge is -2.47. The first-order valence-electron chi connectivity index (χ1n) is 16.1. The molecule has 0 saturated carbocycles. The molecule has 2 aromatic carbocycles. The molecule has 2 aliphatic heterocycles. The number of likely N-dealkylation sites (tertiary alicyclic amines) is 1. The highest BCUT2D eigenvalue weighted by Gasteiger charge is 2.41. The van der Waals surface area contributed by atoms with Gasteiger partial charge in [-0.25, -0.2) is 4.98 Å². The van der Waals surface area contributed by atoms with Gasteiger partial charge in [-0.3, -0.25) is 14.5 Å². The van der Waals surface area contributed by atoms with Crippen LogP contribution in [0.2, 0.25) is 0 Å². The molecule has 6 rings (SSSR count). The molecule has 0 bridgehead atoms. The van der Waals surface area contributed by atoms with Crippen molar-refractivity contribution in [2.24, 2.45) is 0 Å². The minimum Gasteiger partial charge on any atom is -0.506 e. The Balaban J connectivity index is 0.909. The van der Waals surface area contributed by atoms with Crippen molar-refractivity contribution in [1.82, 2.24) is 19.8 Å². The van der Waals surface area contributed by atoms with Crippen molar-refractivity contribution in [3.8, 4) is 11.5 Å². The number of nitrogens with one attached hydrogen (secondary N) is 1. The number of piperidine rings is 1. The Morgan fingerprint density at radius 1 is 1.15 bits per heavy atom. The van der Waals surface area contributed by atoms with Gasteiger partial charge in [0, 0.05) is 43.0 Å². The molecule has 0 radical (unpaired) electrons. The number of phenolic OH excluding ortho intramolecular Hbond substituents is 1. The number of ether oxygens (including phenoxy) is 2. The van der Waals surface area contributed by atoms with Crippen LogP contribution in [0.1, 0.15) is 78.2 Å². The number of phenols is 1. The zero-order chi connectivity index (χ0) is 32.3. The van der Waals surface area contributed by atoms with E-state index in [2.05, 4.69) is 40.8 Å². The van der Waals surface area contributed by atoms with E-state index >= 15 is 0 Å². The Morgan fingerprint density at radius 3 is 2.67 bits per heavy atom. The van der Waals surface area contributed by atoms with E-state index in [1.165, 1.54) is 6.07 Å². The van der Waals surface area contributed by atoms with E-state index in [4.69, 9.17) is 9.47 Å². The van der Waals surface area contributed by atoms with E-state index < -0.39 is 6.10 Å². The topological polar surface area (TPSA) is 128 Å². The number of carbonyl (C=O) groups excluding carboxylic acids is 1. The van der Waals surface area contributed by atoms with Gasteiger partial charge < -0.3 is 29.6 Å². The van der Waals surface area contributed by atoms with Gasteiger partial charge in [-0.05, 0) is 55.9 Å². The number of aromatic hydroxyl groups is 1. The van der Waals surface area contributed by atoms with Gasteiger partial charge in [-0.2, -0.15) is 0 Å². The molecule has 2 aliphatic rings. The van der Waals surface area contributed by atoms with Crippen LogP contribution in [0.15, 0.2) is 46.6 Å². The Kier molecular flexibility index (Phi) is 10.1. The normalized spacial score (nSPS) is 17.6. The molecule has 2 aromatic heterocycles. The molecule has 46 heavy (non-hydrogen) atoms. The highest BCUT2D eigenvalue weighted by molar-refractivity contribution is 7.16. The first-order valence-corrected chi connectivity index (χ1v) is 17.7. The fourth-order valence-corrected chi connectivity index (χ4v) is 8.05. The second-order valence-electron chi connectivity index (χ2n) is 12.6. The van der Waals surface area contributed by atoms with Gasteiger partial charge in [0.05, 0.1) is 34.6 Å². The number of H-pyrrole nitrogens is 1. The number of morpholine rings is 1. The Hall–Kier alpha value is -3.29. The standard InChI is InChI=1S/C34H42N4O6S2/c1-22(2)31-35-26(20-45-31)32(41)38-17-19-44-34(21-38)12-14-37(15-13-34)16-18-43-24-8-6-23(7-9-24)4-3-5-27(39)25-10-11-28(40)29-30(25)46-33(42)36-29/h6-11,20,22,27,39-40H,3-5,12-19,21H2,1-2H3,(H,36,42)/t27-/m0/s1. The molecule has 0 aliphatic carbocycles. The van der Waals surface area contributed by atoms with Crippen LogP contribution in [0, 0.1) is 0 Å². The Bertz CT molecular complexity index is 1690. The molecule has 2 fully saturated rings. The zero-order valence-electron chi connectivity index (χ0n) is 26.4. The van der Waals surface area contributed by atoms with Crippen molar-refractivity contribution in [3.05, 3.63) is 73.3 Å². The highest BCUT2D eigenvalue weighted by Crippen LogP contribution is 2.34. The van der Waals surface area contributed by atoms with E-state index in [-0.39, 0.29) is 22.1 Å². The minimum absolute atomic E-state index is 0.0120. The van der Waals surface area contributed by atoms with E-state index in [9.17, 15) is 19.8 Å². The summed E-state index contributed by atoms with van der Waals surface area (Å²) in [7, 11) is 0. The number of aromatic nitrogens is 2. The summed E-state index contributed by atoms with van der Waals surface area (Å²) >= 11 is 2.56. The molecule has 4 heterocycles. The predicted octanol–water partition coefficient (Wildman–Crippen LogP) is 5.32. The van der Waals surface area contributed by atoms with E-state index in [1.54, 1.807) is 17.4 Å². The maximum Gasteiger partial charge on any atom is 0.305 e. The number of benzene rings is 2. The monoisotopic (exact) mass is 666 g/mol. The third-order valence-electron chi connectivity index (χ3n) is 9.03. The predicted molar refractivity (Wildman–Crippen MR) is 180 cm³/mol. The SMILES string of the molecule is CC(C)c1nc(C(=O)N2CCOC3(CCN(CCOc4ccc(CCC[C@H](O)c5ccc(O)c6[nH]c(=O)sc56)cc4)CC3)C2)cs1. The lowest BCUT2D eigenvalue weighted by Crippen LogP contribution is -2.58. The summed E-state index contributed by atoms with van der Waals surface area (Å²) < 4.78 is 12.9. The van der Waals surface area contributed by atoms with Crippen molar-refractivity contribution < 1.29 is 24.5 Å². The van der Waals surface area contributed by atoms with E-state index in [1.807, 2.05) is 22.4 Å². The number of thiazole rings is 2. The van der Waals surface area contributed by atoms with Crippen molar-refractivity contribution in [2.45, 2.75) is 63.6 Å². The third kappa shape index (κ3) is 7.47. The van der Waals surface area contributed by atoms with Crippen molar-refractivity contribution in [2.75, 3.05) is 45.9 Å². The van der Waals surface area contributed by atoms with Crippen molar-refractivity contribution >= 4 is 38.8 Å². The molecule has 246 valence electrons. The Morgan fingerprint density at radius 2 is 1.93 bits per heavy atom. The molecule has 1 spiro atoms. The van der Waals surface area contributed by atoms with Crippen LogP contribution < -0.4 is 9.61 Å². The van der Waals surface area contributed by atoms with Gasteiger partial charge in [0.15, 0.2) is 0 Å². The van der Waals surface area contributed by atoms with Crippen LogP contribution in [-0.4, -0.2) is 87.4 Å². The molecule has 2 saturated heterocycles. The molecule has 0 unspecified atom stereocenters. The first-order chi connectivity index (χ1) is 22.2. The van der Waals surface area contributed by atoms with Crippen LogP contribution in [-0.2, 0) is 11.2 Å². The van der Waals surface area contributed by atoms with Crippen molar-refractivity contribution in [3.63, 3.8) is 0 Å². The van der Waals surface area contributed by atoms with E-state index in [0.29, 0.717) is 60.1 Å². The molecular weight excluding hydrogens is 625 g/mol. The molecule has 12 heteroatoms. The first kappa shape index (κ1) is 32.6. The van der Waals surface area contributed by atoms with Crippen LogP contribution in [0.4, 0.5) is 0 Å². The molecular formula is C34H42N4O6S2. The number of aliphatic hydroxyl groups excluding tert-OH is 1. The summed E-state index contributed by atoms with van der Waals surface area (Å²) in [6.07, 6.45) is 3.19. The summed E-state index contributed by atoms with van der Waals surface area (Å²) in [4.78, 5) is 36.2. The molecule has 3 N–H and O–H groups in total. The third-order valence-corrected chi connectivity index (χ3v) is 11.1. The van der Waals surface area contributed by atoms with Gasteiger partial charge in [0.2, 0.25) is 0 Å². The smallest absolute Gasteiger partial charge is 0.305 e. The number of carbonyl (C=O) groups is 1. The summed E-state index contributed by atoms with van der Waals surface area (Å²) in [6, 6.07) is 11.3. The average molecular weight is 667 g/mol. The molecule has 1 atom stereocenters. The lowest BCUT2D eigenvalue weighted by atomic mass is 9.89. The molecule has 1 amide bonds. The second kappa shape index (κ2) is 14.2. The van der Waals surface area contributed by atoms with Gasteiger partial charge in [-0.1, -0.05) is 43.4 Å². The average Bonchev–Trinajstić information content (AvgIpc) is 3.71. The number of nitrogens with zero attached hydrogens (tertiary/aromatic N) is 3. The number of aliphatic hydroxyl groups is 1. The number of rotatable bonds is 11. The Labute approximate surface area is 276 Å². The summed E-state index contributed by atoms with van der Waals surface area (Å²) in [5.74, 6) is 1.18.